The maximum Gasteiger partial charge on any atom is 0.317 e. The van der Waals surface area contributed by atoms with E-state index in [0.717, 1.165) is 12.2 Å². The molecule has 6 heteroatoms. The number of esters is 2. The van der Waals surface area contributed by atoms with Crippen LogP contribution in [-0.4, -0.2) is 25.7 Å². The fraction of sp³-hybridized carbons (Fsp3) is 0.533. The minimum atomic E-state index is -0.619. The van der Waals surface area contributed by atoms with Crippen molar-refractivity contribution >= 4 is 11.9 Å². The standard InChI is InChI=1S/C30H40O6/c1-4-5-6-7-8-9-22-34-25-12-16-26(17-13-25)35-28(31)23-18-20-30(2,21-19-23)29(32)36-27-14-10-24(33-3)11-15-27/h10-17,23H,4-9,18-22H2,1-3H3. The largest absolute Gasteiger partial charge is 0.497 e. The Morgan fingerprint density at radius 3 is 1.92 bits per heavy atom. The van der Waals surface area contributed by atoms with Crippen LogP contribution >= 0.6 is 0 Å². The van der Waals surface area contributed by atoms with Crippen LogP contribution in [0.1, 0.15) is 78.1 Å². The SMILES string of the molecule is CCCCCCCCOc1ccc(OC(=O)C2CCC(C)(C(=O)Oc3ccc(OC)cc3)CC2)cc1. The summed E-state index contributed by atoms with van der Waals surface area (Å²) in [5, 5.41) is 0. The molecule has 0 amide bonds. The predicted octanol–water partition coefficient (Wildman–Crippen LogP) is 7.14. The topological polar surface area (TPSA) is 71.1 Å². The maximum atomic E-state index is 12.8. The Labute approximate surface area is 215 Å². The zero-order chi connectivity index (χ0) is 25.8. The summed E-state index contributed by atoms with van der Waals surface area (Å²) in [6, 6.07) is 14.2. The first-order valence-electron chi connectivity index (χ1n) is 13.2. The minimum absolute atomic E-state index is 0.226. The van der Waals surface area contributed by atoms with E-state index in [-0.39, 0.29) is 17.9 Å². The van der Waals surface area contributed by atoms with E-state index in [2.05, 4.69) is 6.92 Å². The van der Waals surface area contributed by atoms with E-state index in [1.165, 1.54) is 32.1 Å². The van der Waals surface area contributed by atoms with Crippen molar-refractivity contribution in [1.82, 2.24) is 0 Å². The molecular weight excluding hydrogens is 456 g/mol. The zero-order valence-corrected chi connectivity index (χ0v) is 21.9. The smallest absolute Gasteiger partial charge is 0.317 e. The Kier molecular flexibility index (Phi) is 10.6. The number of hydrogen-bond acceptors (Lipinski definition) is 6. The number of carbonyl (C=O) groups excluding carboxylic acids is 2. The fourth-order valence-electron chi connectivity index (χ4n) is 4.44. The highest BCUT2D eigenvalue weighted by Crippen LogP contribution is 2.40. The molecule has 0 aliphatic heterocycles. The molecule has 0 unspecified atom stereocenters. The molecule has 2 aromatic rings. The second kappa shape index (κ2) is 13.9. The van der Waals surface area contributed by atoms with E-state index in [9.17, 15) is 9.59 Å². The molecule has 0 N–H and O–H groups in total. The van der Waals surface area contributed by atoms with Crippen LogP contribution in [0, 0.1) is 11.3 Å². The molecule has 0 radical (unpaired) electrons. The van der Waals surface area contributed by atoms with E-state index < -0.39 is 5.41 Å². The van der Waals surface area contributed by atoms with Crippen LogP contribution in [0.4, 0.5) is 0 Å². The molecule has 6 nitrogen and oxygen atoms in total. The Hall–Kier alpha value is -3.02. The van der Waals surface area contributed by atoms with Crippen molar-refractivity contribution in [3.05, 3.63) is 48.5 Å². The number of methoxy groups -OCH3 is 1. The van der Waals surface area contributed by atoms with Gasteiger partial charge in [-0.2, -0.15) is 0 Å². The summed E-state index contributed by atoms with van der Waals surface area (Å²) in [4.78, 5) is 25.5. The van der Waals surface area contributed by atoms with E-state index >= 15 is 0 Å². The number of unbranched alkanes of at least 4 members (excludes halogenated alkanes) is 5. The molecule has 0 aromatic heterocycles. The van der Waals surface area contributed by atoms with E-state index in [1.807, 2.05) is 19.1 Å². The molecule has 0 spiro atoms. The predicted molar refractivity (Wildman–Crippen MR) is 140 cm³/mol. The molecule has 1 fully saturated rings. The van der Waals surface area contributed by atoms with Crippen molar-refractivity contribution in [3.63, 3.8) is 0 Å². The lowest BCUT2D eigenvalue weighted by molar-refractivity contribution is -0.151. The van der Waals surface area contributed by atoms with Crippen LogP contribution in [0.15, 0.2) is 48.5 Å². The van der Waals surface area contributed by atoms with Crippen LogP contribution in [0.2, 0.25) is 0 Å². The molecule has 0 bridgehead atoms. The van der Waals surface area contributed by atoms with Crippen LogP contribution in [0.5, 0.6) is 23.0 Å². The van der Waals surface area contributed by atoms with Gasteiger partial charge in [0.1, 0.15) is 23.0 Å². The normalized spacial score (nSPS) is 19.4. The van der Waals surface area contributed by atoms with Crippen molar-refractivity contribution < 1.29 is 28.5 Å². The van der Waals surface area contributed by atoms with Gasteiger partial charge < -0.3 is 18.9 Å². The molecule has 1 aliphatic rings. The molecule has 36 heavy (non-hydrogen) atoms. The van der Waals surface area contributed by atoms with Crippen molar-refractivity contribution in [3.8, 4) is 23.0 Å². The van der Waals surface area contributed by atoms with Crippen molar-refractivity contribution in [1.29, 1.82) is 0 Å². The number of rotatable bonds is 13. The molecular formula is C30H40O6. The summed E-state index contributed by atoms with van der Waals surface area (Å²) in [6.07, 6.45) is 9.69. The molecule has 1 aliphatic carbocycles. The second-order valence-corrected chi connectivity index (χ2v) is 9.91. The van der Waals surface area contributed by atoms with Gasteiger partial charge in [-0.15, -0.1) is 0 Å². The second-order valence-electron chi connectivity index (χ2n) is 9.91. The van der Waals surface area contributed by atoms with Gasteiger partial charge in [0, 0.05) is 0 Å². The Balaban J connectivity index is 1.39. The summed E-state index contributed by atoms with van der Waals surface area (Å²) < 4.78 is 22.1. The zero-order valence-electron chi connectivity index (χ0n) is 21.9. The summed E-state index contributed by atoms with van der Waals surface area (Å²) in [5.74, 6) is 1.75. The summed E-state index contributed by atoms with van der Waals surface area (Å²) in [5.41, 5.74) is -0.619. The first-order chi connectivity index (χ1) is 17.4. The first kappa shape index (κ1) is 27.6. The summed E-state index contributed by atoms with van der Waals surface area (Å²) in [7, 11) is 1.59. The van der Waals surface area contributed by atoms with Gasteiger partial charge >= 0.3 is 11.9 Å². The van der Waals surface area contributed by atoms with E-state index in [4.69, 9.17) is 18.9 Å². The van der Waals surface area contributed by atoms with Crippen molar-refractivity contribution in [2.24, 2.45) is 11.3 Å². The number of benzene rings is 2. The van der Waals surface area contributed by atoms with Crippen LogP contribution in [0.3, 0.4) is 0 Å². The fourth-order valence-corrected chi connectivity index (χ4v) is 4.44. The molecule has 0 saturated heterocycles. The number of ether oxygens (including phenoxy) is 4. The minimum Gasteiger partial charge on any atom is -0.497 e. The first-order valence-corrected chi connectivity index (χ1v) is 13.2. The van der Waals surface area contributed by atoms with Gasteiger partial charge in [0.15, 0.2) is 0 Å². The number of carbonyl (C=O) groups is 2. The van der Waals surface area contributed by atoms with Gasteiger partial charge in [0.05, 0.1) is 25.0 Å². The maximum absolute atomic E-state index is 12.8. The van der Waals surface area contributed by atoms with Gasteiger partial charge in [-0.1, -0.05) is 39.0 Å². The van der Waals surface area contributed by atoms with Crippen molar-refractivity contribution in [2.45, 2.75) is 78.1 Å². The lowest BCUT2D eigenvalue weighted by Crippen LogP contribution is -2.38. The van der Waals surface area contributed by atoms with Gasteiger partial charge in [-0.3, -0.25) is 9.59 Å². The van der Waals surface area contributed by atoms with E-state index in [1.54, 1.807) is 43.5 Å². The summed E-state index contributed by atoms with van der Waals surface area (Å²) in [6.45, 7) is 4.83. The lowest BCUT2D eigenvalue weighted by Gasteiger charge is -2.34. The highest BCUT2D eigenvalue weighted by Gasteiger charge is 2.41. The molecule has 3 rings (SSSR count). The molecule has 1 saturated carbocycles. The molecule has 2 aromatic carbocycles. The average molecular weight is 497 g/mol. The highest BCUT2D eigenvalue weighted by molar-refractivity contribution is 5.80. The molecule has 0 heterocycles. The Morgan fingerprint density at radius 2 is 1.31 bits per heavy atom. The van der Waals surface area contributed by atoms with Crippen molar-refractivity contribution in [2.75, 3.05) is 13.7 Å². The quantitative estimate of drug-likeness (QED) is 0.167. The molecule has 0 atom stereocenters. The van der Waals surface area contributed by atoms with Gasteiger partial charge in [-0.05, 0) is 87.6 Å². The van der Waals surface area contributed by atoms with Crippen LogP contribution in [0.25, 0.3) is 0 Å². The molecule has 196 valence electrons. The lowest BCUT2D eigenvalue weighted by atomic mass is 9.72. The Morgan fingerprint density at radius 1 is 0.778 bits per heavy atom. The van der Waals surface area contributed by atoms with Gasteiger partial charge in [0.25, 0.3) is 0 Å². The Bertz CT molecular complexity index is 942. The average Bonchev–Trinajstić information content (AvgIpc) is 2.90. The summed E-state index contributed by atoms with van der Waals surface area (Å²) >= 11 is 0. The third kappa shape index (κ3) is 8.28. The van der Waals surface area contributed by atoms with Gasteiger partial charge in [0.2, 0.25) is 0 Å². The van der Waals surface area contributed by atoms with E-state index in [0.29, 0.717) is 49.5 Å². The third-order valence-corrected chi connectivity index (χ3v) is 6.99. The van der Waals surface area contributed by atoms with Crippen LogP contribution < -0.4 is 18.9 Å². The third-order valence-electron chi connectivity index (χ3n) is 6.99. The highest BCUT2D eigenvalue weighted by atomic mass is 16.5. The monoisotopic (exact) mass is 496 g/mol. The van der Waals surface area contributed by atoms with Crippen LogP contribution in [-0.2, 0) is 9.59 Å². The van der Waals surface area contributed by atoms with Gasteiger partial charge in [-0.25, -0.2) is 0 Å². The number of hydrogen-bond donors (Lipinski definition) is 0.